The number of amides is 1. The summed E-state index contributed by atoms with van der Waals surface area (Å²) in [7, 11) is 0. The van der Waals surface area contributed by atoms with E-state index in [1.54, 1.807) is 10.6 Å². The smallest absolute Gasteiger partial charge is 0.252 e. The molecule has 0 radical (unpaired) electrons. The second-order valence-electron chi connectivity index (χ2n) is 6.90. The van der Waals surface area contributed by atoms with Crippen LogP contribution in [0.5, 0.6) is 0 Å². The quantitative estimate of drug-likeness (QED) is 0.498. The van der Waals surface area contributed by atoms with Crippen LogP contribution in [0.1, 0.15) is 21.7 Å². The van der Waals surface area contributed by atoms with Crippen LogP contribution in [-0.4, -0.2) is 30.7 Å². The van der Waals surface area contributed by atoms with Gasteiger partial charge in [-0.2, -0.15) is 9.61 Å². The number of aromatic nitrogens is 5. The average molecular weight is 382 g/mol. The fourth-order valence-corrected chi connectivity index (χ4v) is 3.36. The lowest BCUT2D eigenvalue weighted by Gasteiger charge is -2.06. The van der Waals surface area contributed by atoms with Gasteiger partial charge in [0.05, 0.1) is 12.2 Å². The van der Waals surface area contributed by atoms with Gasteiger partial charge in [0.15, 0.2) is 11.5 Å². The molecule has 0 atom stereocenters. The molecule has 0 saturated carbocycles. The van der Waals surface area contributed by atoms with Crippen LogP contribution in [-0.2, 0) is 6.54 Å². The Labute approximate surface area is 166 Å². The largest absolute Gasteiger partial charge is 0.361 e. The third-order valence-corrected chi connectivity index (χ3v) is 4.92. The maximum absolute atomic E-state index is 12.7. The van der Waals surface area contributed by atoms with E-state index < -0.39 is 0 Å². The molecule has 0 aliphatic carbocycles. The van der Waals surface area contributed by atoms with Crippen LogP contribution in [0.2, 0.25) is 0 Å². The Kier molecular flexibility index (Phi) is 4.05. The van der Waals surface area contributed by atoms with E-state index in [2.05, 4.69) is 44.7 Å². The lowest BCUT2D eigenvalue weighted by atomic mass is 10.1. The molecular formula is C22H18N6O. The predicted octanol–water partition coefficient (Wildman–Crippen LogP) is 3.51. The van der Waals surface area contributed by atoms with Crippen molar-refractivity contribution < 1.29 is 4.79 Å². The standard InChI is InChI=1S/C22H18N6O/c1-14-5-7-15(8-6-14)18-9-10-20-25-26-21(28(20)27-18)13-24-22(29)17-3-2-4-19-16(17)11-12-23-19/h2-12,23H,13H2,1H3,(H,24,29). The Morgan fingerprint density at radius 1 is 1.03 bits per heavy atom. The molecule has 3 heterocycles. The van der Waals surface area contributed by atoms with Gasteiger partial charge in [-0.05, 0) is 37.3 Å². The van der Waals surface area contributed by atoms with Gasteiger partial charge in [0.25, 0.3) is 5.91 Å². The van der Waals surface area contributed by atoms with E-state index in [0.29, 0.717) is 17.0 Å². The first-order chi connectivity index (χ1) is 14.2. The third-order valence-electron chi connectivity index (χ3n) is 4.92. The first-order valence-electron chi connectivity index (χ1n) is 9.32. The van der Waals surface area contributed by atoms with E-state index in [1.165, 1.54) is 5.56 Å². The van der Waals surface area contributed by atoms with Gasteiger partial charge < -0.3 is 10.3 Å². The molecule has 2 N–H and O–H groups in total. The van der Waals surface area contributed by atoms with Gasteiger partial charge in [-0.1, -0.05) is 35.9 Å². The number of rotatable bonds is 4. The zero-order chi connectivity index (χ0) is 19.8. The van der Waals surface area contributed by atoms with Gasteiger partial charge in [-0.3, -0.25) is 4.79 Å². The highest BCUT2D eigenvalue weighted by atomic mass is 16.1. The number of aromatic amines is 1. The number of aryl methyl sites for hydroxylation is 1. The zero-order valence-corrected chi connectivity index (χ0v) is 15.8. The van der Waals surface area contributed by atoms with Crippen molar-refractivity contribution in [3.05, 3.63) is 83.8 Å². The Bertz CT molecular complexity index is 1330. The minimum absolute atomic E-state index is 0.165. The molecule has 0 saturated heterocycles. The number of nitrogens with zero attached hydrogens (tertiary/aromatic N) is 4. The van der Waals surface area contributed by atoms with Gasteiger partial charge in [0.2, 0.25) is 0 Å². The number of carbonyl (C=O) groups is 1. The second-order valence-corrected chi connectivity index (χ2v) is 6.90. The number of fused-ring (bicyclic) bond motifs is 2. The molecule has 7 heteroatoms. The number of hydrogen-bond donors (Lipinski definition) is 2. The average Bonchev–Trinajstić information content (AvgIpc) is 3.39. The molecule has 7 nitrogen and oxygen atoms in total. The van der Waals surface area contributed by atoms with Gasteiger partial charge >= 0.3 is 0 Å². The fourth-order valence-electron chi connectivity index (χ4n) is 3.36. The van der Waals surface area contributed by atoms with Crippen molar-refractivity contribution in [1.29, 1.82) is 0 Å². The molecule has 142 valence electrons. The lowest BCUT2D eigenvalue weighted by Crippen LogP contribution is -2.24. The first kappa shape index (κ1) is 17.1. The molecule has 5 rings (SSSR count). The predicted molar refractivity (Wildman–Crippen MR) is 110 cm³/mol. The van der Waals surface area contributed by atoms with Crippen LogP contribution in [0.25, 0.3) is 27.8 Å². The number of nitrogens with one attached hydrogen (secondary N) is 2. The molecule has 0 unspecified atom stereocenters. The van der Waals surface area contributed by atoms with E-state index >= 15 is 0 Å². The summed E-state index contributed by atoms with van der Waals surface area (Å²) in [6.07, 6.45) is 1.82. The normalized spacial score (nSPS) is 11.2. The molecule has 0 fully saturated rings. The molecule has 29 heavy (non-hydrogen) atoms. The van der Waals surface area contributed by atoms with Crippen molar-refractivity contribution in [3.8, 4) is 11.3 Å². The highest BCUT2D eigenvalue weighted by Crippen LogP contribution is 2.19. The summed E-state index contributed by atoms with van der Waals surface area (Å²) in [6, 6.07) is 19.5. The molecule has 5 aromatic rings. The van der Waals surface area contributed by atoms with Crippen molar-refractivity contribution in [2.45, 2.75) is 13.5 Å². The van der Waals surface area contributed by atoms with Crippen molar-refractivity contribution in [2.75, 3.05) is 0 Å². The first-order valence-corrected chi connectivity index (χ1v) is 9.32. The Balaban J connectivity index is 1.41. The van der Waals surface area contributed by atoms with E-state index in [0.717, 1.165) is 22.2 Å². The highest BCUT2D eigenvalue weighted by molar-refractivity contribution is 6.06. The summed E-state index contributed by atoms with van der Waals surface area (Å²) < 4.78 is 1.67. The van der Waals surface area contributed by atoms with Gasteiger partial charge in [0.1, 0.15) is 0 Å². The van der Waals surface area contributed by atoms with Gasteiger partial charge in [-0.15, -0.1) is 10.2 Å². The van der Waals surface area contributed by atoms with Crippen molar-refractivity contribution in [1.82, 2.24) is 30.1 Å². The van der Waals surface area contributed by atoms with Gasteiger partial charge in [0, 0.05) is 28.2 Å². The maximum atomic E-state index is 12.7. The van der Waals surface area contributed by atoms with Crippen LogP contribution in [0.4, 0.5) is 0 Å². The van der Waals surface area contributed by atoms with Crippen molar-refractivity contribution in [2.24, 2.45) is 0 Å². The molecule has 0 bridgehead atoms. The number of benzene rings is 2. The molecular weight excluding hydrogens is 364 g/mol. The Hall–Kier alpha value is -4.00. The van der Waals surface area contributed by atoms with Crippen molar-refractivity contribution >= 4 is 22.5 Å². The summed E-state index contributed by atoms with van der Waals surface area (Å²) in [4.78, 5) is 15.8. The number of carbonyl (C=O) groups excluding carboxylic acids is 1. The van der Waals surface area contributed by atoms with Crippen LogP contribution >= 0.6 is 0 Å². The van der Waals surface area contributed by atoms with E-state index in [9.17, 15) is 4.79 Å². The van der Waals surface area contributed by atoms with Crippen LogP contribution in [0.3, 0.4) is 0 Å². The number of H-pyrrole nitrogens is 1. The highest BCUT2D eigenvalue weighted by Gasteiger charge is 2.13. The summed E-state index contributed by atoms with van der Waals surface area (Å²) in [5.41, 5.74) is 5.21. The maximum Gasteiger partial charge on any atom is 0.252 e. The second kappa shape index (κ2) is 6.87. The summed E-state index contributed by atoms with van der Waals surface area (Å²) in [6.45, 7) is 2.28. The molecule has 0 aliphatic heterocycles. The molecule has 3 aromatic heterocycles. The fraction of sp³-hybridized carbons (Fsp3) is 0.0909. The summed E-state index contributed by atoms with van der Waals surface area (Å²) in [5, 5.41) is 16.8. The summed E-state index contributed by atoms with van der Waals surface area (Å²) >= 11 is 0. The Morgan fingerprint density at radius 3 is 2.76 bits per heavy atom. The van der Waals surface area contributed by atoms with Crippen LogP contribution < -0.4 is 5.32 Å². The molecule has 2 aromatic carbocycles. The monoisotopic (exact) mass is 382 g/mol. The molecule has 0 aliphatic rings. The summed E-state index contributed by atoms with van der Waals surface area (Å²) in [5.74, 6) is 0.408. The number of hydrogen-bond acceptors (Lipinski definition) is 4. The van der Waals surface area contributed by atoms with Crippen LogP contribution in [0, 0.1) is 6.92 Å². The SMILES string of the molecule is Cc1ccc(-c2ccc3nnc(CNC(=O)c4cccc5[nH]ccc45)n3n2)cc1. The minimum Gasteiger partial charge on any atom is -0.361 e. The zero-order valence-electron chi connectivity index (χ0n) is 15.8. The van der Waals surface area contributed by atoms with E-state index in [1.807, 2.05) is 48.7 Å². The lowest BCUT2D eigenvalue weighted by molar-refractivity contribution is 0.0951. The van der Waals surface area contributed by atoms with Crippen molar-refractivity contribution in [3.63, 3.8) is 0 Å². The third kappa shape index (κ3) is 3.12. The molecule has 0 spiro atoms. The molecule has 1 amide bonds. The minimum atomic E-state index is -0.165. The van der Waals surface area contributed by atoms with E-state index in [4.69, 9.17) is 0 Å². The Morgan fingerprint density at radius 2 is 1.90 bits per heavy atom. The van der Waals surface area contributed by atoms with E-state index in [-0.39, 0.29) is 12.5 Å². The van der Waals surface area contributed by atoms with Crippen LogP contribution in [0.15, 0.2) is 66.9 Å². The van der Waals surface area contributed by atoms with Gasteiger partial charge in [-0.25, -0.2) is 0 Å². The topological polar surface area (TPSA) is 88.0 Å².